The molecule has 0 fully saturated rings. The number of para-hydroxylation sites is 7. The molecule has 0 aliphatic heterocycles. The molecule has 11 aromatic carbocycles. The zero-order valence-electron chi connectivity index (χ0n) is 39.2. The molecule has 5 heteroatoms. The van der Waals surface area contributed by atoms with E-state index in [9.17, 15) is 0 Å². The zero-order chi connectivity index (χ0) is 47.6. The lowest BCUT2D eigenvalue weighted by Crippen LogP contribution is -2.15. The van der Waals surface area contributed by atoms with Crippen molar-refractivity contribution in [2.24, 2.45) is 0 Å². The Morgan fingerprint density at radius 1 is 0.113 bits per heavy atom. The molecule has 0 aromatic heterocycles. The van der Waals surface area contributed by atoms with E-state index in [0.29, 0.717) is 0 Å². The quantitative estimate of drug-likeness (QED) is 0.102. The lowest BCUT2D eigenvalue weighted by Gasteiger charge is -2.32. The Morgan fingerprint density at radius 2 is 0.225 bits per heavy atom. The summed E-state index contributed by atoms with van der Waals surface area (Å²) in [6.07, 6.45) is 0. The zero-order valence-corrected chi connectivity index (χ0v) is 39.2. The summed E-state index contributed by atoms with van der Waals surface area (Å²) in [6.45, 7) is 0. The van der Waals surface area contributed by atoms with Crippen molar-refractivity contribution >= 4 is 85.3 Å². The molecule has 0 spiro atoms. The summed E-state index contributed by atoms with van der Waals surface area (Å²) in [7, 11) is 0. The highest BCUT2D eigenvalue weighted by Gasteiger charge is 2.22. The van der Waals surface area contributed by atoms with E-state index in [1.807, 2.05) is 0 Å². The first kappa shape index (κ1) is 44.0. The number of hydrogen-bond acceptors (Lipinski definition) is 5. The number of anilines is 15. The Bertz CT molecular complexity index is 3140. The molecule has 0 N–H and O–H groups in total. The van der Waals surface area contributed by atoms with Crippen LogP contribution in [0, 0.1) is 0 Å². The molecule has 0 amide bonds. The van der Waals surface area contributed by atoms with Crippen LogP contribution in [0.5, 0.6) is 0 Å². The molecule has 340 valence electrons. The van der Waals surface area contributed by atoms with Crippen LogP contribution < -0.4 is 24.5 Å². The van der Waals surface area contributed by atoms with Gasteiger partial charge in [-0.1, -0.05) is 152 Å². The summed E-state index contributed by atoms with van der Waals surface area (Å²) in [5.41, 5.74) is 15.8. The molecule has 0 bridgehead atoms. The molecule has 0 unspecified atom stereocenters. The third kappa shape index (κ3) is 9.62. The molecular formula is C66H51N5. The average Bonchev–Trinajstić information content (AvgIpc) is 3.44. The Hall–Kier alpha value is -9.58. The van der Waals surface area contributed by atoms with E-state index in [1.165, 1.54) is 0 Å². The third-order valence-corrected chi connectivity index (χ3v) is 12.5. The van der Waals surface area contributed by atoms with Crippen LogP contribution in [-0.4, -0.2) is 0 Å². The molecule has 0 aliphatic carbocycles. The molecule has 11 rings (SSSR count). The van der Waals surface area contributed by atoms with E-state index >= 15 is 0 Å². The maximum absolute atomic E-state index is 2.35. The molecule has 0 aliphatic rings. The Labute approximate surface area is 417 Å². The smallest absolute Gasteiger partial charge is 0.0482 e. The van der Waals surface area contributed by atoms with Gasteiger partial charge in [0.15, 0.2) is 0 Å². The Balaban J connectivity index is 1.02. The van der Waals surface area contributed by atoms with Crippen LogP contribution in [0.4, 0.5) is 85.3 Å². The second kappa shape index (κ2) is 20.7. The molecule has 0 atom stereocenters. The van der Waals surface area contributed by atoms with Crippen molar-refractivity contribution < 1.29 is 0 Å². The van der Waals surface area contributed by atoms with Crippen molar-refractivity contribution in [3.8, 4) is 0 Å². The Morgan fingerprint density at radius 3 is 0.366 bits per heavy atom. The molecule has 5 nitrogen and oxygen atoms in total. The Kier molecular flexibility index (Phi) is 12.8. The molecule has 0 radical (unpaired) electrons. The van der Waals surface area contributed by atoms with Crippen LogP contribution in [0.2, 0.25) is 0 Å². The van der Waals surface area contributed by atoms with E-state index in [-0.39, 0.29) is 0 Å². The van der Waals surface area contributed by atoms with Crippen LogP contribution in [0.25, 0.3) is 0 Å². The van der Waals surface area contributed by atoms with Gasteiger partial charge in [-0.25, -0.2) is 0 Å². The first-order valence-electron chi connectivity index (χ1n) is 24.0. The SMILES string of the molecule is c1ccc(N(c2ccccc2)c2cccc(N(c3ccccc3)c3cccc(N(c4ccccc4)c4cccc(N(c5ccccc5)c5cccc(N(c6ccccc6)c6ccccc6)c5)c4)c3)c2)cc1. The van der Waals surface area contributed by atoms with Gasteiger partial charge in [0.25, 0.3) is 0 Å². The number of hydrogen-bond donors (Lipinski definition) is 0. The number of benzene rings is 11. The first-order chi connectivity index (χ1) is 35.2. The van der Waals surface area contributed by atoms with Crippen molar-refractivity contribution in [1.82, 2.24) is 0 Å². The first-order valence-corrected chi connectivity index (χ1v) is 24.0. The van der Waals surface area contributed by atoms with Gasteiger partial charge in [-0.15, -0.1) is 0 Å². The van der Waals surface area contributed by atoms with E-state index in [1.54, 1.807) is 0 Å². The largest absolute Gasteiger partial charge is 0.310 e. The van der Waals surface area contributed by atoms with Crippen LogP contribution in [-0.2, 0) is 0 Å². The summed E-state index contributed by atoms with van der Waals surface area (Å²) in [5.74, 6) is 0. The summed E-state index contributed by atoms with van der Waals surface area (Å²) < 4.78 is 0. The second-order valence-electron chi connectivity index (χ2n) is 17.1. The topological polar surface area (TPSA) is 16.2 Å². The van der Waals surface area contributed by atoms with Gasteiger partial charge in [-0.2, -0.15) is 0 Å². The van der Waals surface area contributed by atoms with Crippen molar-refractivity contribution in [1.29, 1.82) is 0 Å². The highest BCUT2D eigenvalue weighted by atomic mass is 15.2. The van der Waals surface area contributed by atoms with Gasteiger partial charge < -0.3 is 24.5 Å². The average molecular weight is 914 g/mol. The number of rotatable bonds is 15. The fourth-order valence-electron chi connectivity index (χ4n) is 9.36. The van der Waals surface area contributed by atoms with Crippen molar-refractivity contribution in [2.45, 2.75) is 0 Å². The summed E-state index contributed by atoms with van der Waals surface area (Å²) in [4.78, 5) is 11.7. The molecule has 0 saturated heterocycles. The summed E-state index contributed by atoms with van der Waals surface area (Å²) >= 11 is 0. The molecule has 11 aromatic rings. The maximum Gasteiger partial charge on any atom is 0.0482 e. The highest BCUT2D eigenvalue weighted by Crippen LogP contribution is 2.45. The van der Waals surface area contributed by atoms with E-state index in [4.69, 9.17) is 0 Å². The van der Waals surface area contributed by atoms with Gasteiger partial charge in [0, 0.05) is 85.3 Å². The van der Waals surface area contributed by atoms with Gasteiger partial charge in [0.05, 0.1) is 0 Å². The van der Waals surface area contributed by atoms with Crippen LogP contribution in [0.1, 0.15) is 0 Å². The summed E-state index contributed by atoms with van der Waals surface area (Å²) in [6, 6.07) is 110. The minimum atomic E-state index is 1.02. The molecular weight excluding hydrogens is 863 g/mol. The number of nitrogens with zero attached hydrogens (tertiary/aromatic N) is 5. The fraction of sp³-hybridized carbons (Fsp3) is 0. The minimum Gasteiger partial charge on any atom is -0.310 e. The fourth-order valence-corrected chi connectivity index (χ4v) is 9.36. The third-order valence-electron chi connectivity index (χ3n) is 12.5. The second-order valence-corrected chi connectivity index (χ2v) is 17.1. The monoisotopic (exact) mass is 913 g/mol. The van der Waals surface area contributed by atoms with Crippen LogP contribution in [0.3, 0.4) is 0 Å². The van der Waals surface area contributed by atoms with Crippen LogP contribution in [0.15, 0.2) is 309 Å². The maximum atomic E-state index is 2.35. The van der Waals surface area contributed by atoms with Gasteiger partial charge in [0.1, 0.15) is 0 Å². The van der Waals surface area contributed by atoms with Crippen molar-refractivity contribution in [3.05, 3.63) is 309 Å². The highest BCUT2D eigenvalue weighted by molar-refractivity contribution is 5.88. The van der Waals surface area contributed by atoms with Gasteiger partial charge in [-0.3, -0.25) is 0 Å². The van der Waals surface area contributed by atoms with E-state index in [2.05, 4.69) is 334 Å². The van der Waals surface area contributed by atoms with Gasteiger partial charge >= 0.3 is 0 Å². The van der Waals surface area contributed by atoms with Crippen molar-refractivity contribution in [3.63, 3.8) is 0 Å². The molecule has 0 heterocycles. The predicted octanol–water partition coefficient (Wildman–Crippen LogP) is 19.0. The molecule has 0 saturated carbocycles. The molecule has 71 heavy (non-hydrogen) atoms. The summed E-state index contributed by atoms with van der Waals surface area (Å²) in [5, 5.41) is 0. The normalized spacial score (nSPS) is 10.8. The van der Waals surface area contributed by atoms with E-state index in [0.717, 1.165) is 85.3 Å². The lowest BCUT2D eigenvalue weighted by atomic mass is 10.1. The predicted molar refractivity (Wildman–Crippen MR) is 300 cm³/mol. The standard InChI is InChI=1S/C66H51N5/c1-8-26-52(27-9-1)67(53-28-10-2-11-29-53)59-40-22-42-61(48-59)69(56-34-16-5-17-35-56)63-44-24-46-65(50-63)71(58-38-20-7-21-39-58)66-47-25-45-64(51-66)70(57-36-18-6-19-37-57)62-43-23-41-60(49-62)68(54-30-12-3-13-31-54)55-32-14-4-15-33-55/h1-51H. The van der Waals surface area contributed by atoms with Crippen molar-refractivity contribution in [2.75, 3.05) is 24.5 Å². The lowest BCUT2D eigenvalue weighted by molar-refractivity contribution is 1.23. The minimum absolute atomic E-state index is 1.02. The van der Waals surface area contributed by atoms with Gasteiger partial charge in [-0.05, 0) is 158 Å². The van der Waals surface area contributed by atoms with Gasteiger partial charge in [0.2, 0.25) is 0 Å². The van der Waals surface area contributed by atoms with Crippen LogP contribution >= 0.6 is 0 Å². The van der Waals surface area contributed by atoms with E-state index < -0.39 is 0 Å².